The molecule has 0 aliphatic carbocycles. The number of rotatable bonds is 2. The minimum absolute atomic E-state index is 0.219. The van der Waals surface area contributed by atoms with Crippen LogP contribution in [0.4, 0.5) is 0 Å². The van der Waals surface area contributed by atoms with Crippen molar-refractivity contribution >= 4 is 36.7 Å². The van der Waals surface area contributed by atoms with Crippen molar-refractivity contribution < 1.29 is 8.42 Å². The molecule has 1 heterocycles. The third kappa shape index (κ3) is 2.19. The molecule has 3 aromatic rings. The van der Waals surface area contributed by atoms with E-state index in [1.807, 2.05) is 24.3 Å². The van der Waals surface area contributed by atoms with Gasteiger partial charge in [0.15, 0.2) is 0 Å². The van der Waals surface area contributed by atoms with Crippen LogP contribution < -0.4 is 0 Å². The first-order valence-electron chi connectivity index (χ1n) is 5.66. The van der Waals surface area contributed by atoms with Gasteiger partial charge in [0, 0.05) is 15.4 Å². The number of aromatic amines is 1. The van der Waals surface area contributed by atoms with Gasteiger partial charge in [0.05, 0.1) is 4.90 Å². The first-order valence-corrected chi connectivity index (χ1v) is 7.93. The van der Waals surface area contributed by atoms with Crippen LogP contribution in [-0.4, -0.2) is 13.4 Å². The number of hydrogen-bond acceptors (Lipinski definition) is 2. The van der Waals surface area contributed by atoms with Crippen molar-refractivity contribution in [1.29, 1.82) is 0 Å². The Labute approximate surface area is 119 Å². The summed E-state index contributed by atoms with van der Waals surface area (Å²) in [5.41, 5.74) is 0.818. The smallest absolute Gasteiger partial charge is 0.221 e. The van der Waals surface area contributed by atoms with Crippen molar-refractivity contribution in [1.82, 2.24) is 4.98 Å². The Morgan fingerprint density at radius 2 is 1.63 bits per heavy atom. The lowest BCUT2D eigenvalue weighted by Crippen LogP contribution is -2.01. The minimum atomic E-state index is -3.49. The molecule has 0 bridgehead atoms. The summed E-state index contributed by atoms with van der Waals surface area (Å²) in [6.45, 7) is 0. The molecule has 3 nitrogen and oxygen atoms in total. The number of para-hydroxylation sites is 1. The number of aromatic nitrogens is 1. The van der Waals surface area contributed by atoms with Gasteiger partial charge in [-0.25, -0.2) is 8.42 Å². The van der Waals surface area contributed by atoms with Gasteiger partial charge < -0.3 is 4.98 Å². The fourth-order valence-electron chi connectivity index (χ4n) is 1.93. The van der Waals surface area contributed by atoms with E-state index in [2.05, 4.69) is 20.9 Å². The lowest BCUT2D eigenvalue weighted by molar-refractivity contribution is 0.593. The van der Waals surface area contributed by atoms with Gasteiger partial charge in [0.25, 0.3) is 0 Å². The minimum Gasteiger partial charge on any atom is -0.345 e. The highest BCUT2D eigenvalue weighted by Gasteiger charge is 2.19. The Kier molecular flexibility index (Phi) is 2.95. The van der Waals surface area contributed by atoms with Gasteiger partial charge in [-0.05, 0) is 36.4 Å². The van der Waals surface area contributed by atoms with Gasteiger partial charge in [0.2, 0.25) is 9.84 Å². The number of halogens is 1. The maximum Gasteiger partial charge on any atom is 0.221 e. The van der Waals surface area contributed by atoms with E-state index in [9.17, 15) is 8.42 Å². The van der Waals surface area contributed by atoms with E-state index in [0.717, 1.165) is 15.4 Å². The molecule has 2 aromatic carbocycles. The van der Waals surface area contributed by atoms with Crippen LogP contribution in [-0.2, 0) is 9.84 Å². The second-order valence-electron chi connectivity index (χ2n) is 4.18. The summed E-state index contributed by atoms with van der Waals surface area (Å²) in [6.07, 6.45) is 0. The average molecular weight is 336 g/mol. The molecule has 1 aromatic heterocycles. The van der Waals surface area contributed by atoms with Crippen molar-refractivity contribution in [2.24, 2.45) is 0 Å². The molecule has 0 aliphatic heterocycles. The molecule has 19 heavy (non-hydrogen) atoms. The van der Waals surface area contributed by atoms with Crippen molar-refractivity contribution in [2.75, 3.05) is 0 Å². The summed E-state index contributed by atoms with van der Waals surface area (Å²) in [5.74, 6) is 0. The van der Waals surface area contributed by atoms with E-state index in [-0.39, 0.29) is 9.92 Å². The Bertz CT molecular complexity index is 802. The van der Waals surface area contributed by atoms with E-state index >= 15 is 0 Å². The summed E-state index contributed by atoms with van der Waals surface area (Å²) in [6, 6.07) is 15.8. The van der Waals surface area contributed by atoms with E-state index < -0.39 is 9.84 Å². The molecule has 0 saturated carbocycles. The summed E-state index contributed by atoms with van der Waals surface area (Å²) >= 11 is 3.29. The molecular weight excluding hydrogens is 326 g/mol. The van der Waals surface area contributed by atoms with E-state index in [1.54, 1.807) is 30.3 Å². The summed E-state index contributed by atoms with van der Waals surface area (Å²) < 4.78 is 25.8. The van der Waals surface area contributed by atoms with Gasteiger partial charge in [-0.2, -0.15) is 0 Å². The zero-order valence-electron chi connectivity index (χ0n) is 9.80. The number of nitrogens with one attached hydrogen (secondary N) is 1. The van der Waals surface area contributed by atoms with Gasteiger partial charge >= 0.3 is 0 Å². The highest BCUT2D eigenvalue weighted by molar-refractivity contribution is 9.10. The van der Waals surface area contributed by atoms with E-state index in [4.69, 9.17) is 0 Å². The molecule has 0 fully saturated rings. The molecule has 0 radical (unpaired) electrons. The fraction of sp³-hybridized carbons (Fsp3) is 0. The molecule has 5 heteroatoms. The third-order valence-corrected chi connectivity index (χ3v) is 5.14. The Morgan fingerprint density at radius 3 is 2.32 bits per heavy atom. The number of fused-ring (bicyclic) bond motifs is 1. The van der Waals surface area contributed by atoms with Gasteiger partial charge in [0.1, 0.15) is 5.03 Å². The second-order valence-corrected chi connectivity index (χ2v) is 7.01. The third-order valence-electron chi connectivity index (χ3n) is 2.92. The Morgan fingerprint density at radius 1 is 0.947 bits per heavy atom. The summed E-state index contributed by atoms with van der Waals surface area (Å²) in [7, 11) is -3.49. The van der Waals surface area contributed by atoms with Crippen LogP contribution in [0.15, 0.2) is 69.0 Å². The molecule has 0 aliphatic rings. The number of H-pyrrole nitrogens is 1. The van der Waals surface area contributed by atoms with Crippen molar-refractivity contribution in [3.05, 3.63) is 59.1 Å². The highest BCUT2D eigenvalue weighted by Crippen LogP contribution is 2.25. The van der Waals surface area contributed by atoms with Crippen LogP contribution in [0.2, 0.25) is 0 Å². The molecule has 0 unspecified atom stereocenters. The molecule has 3 rings (SSSR count). The molecular formula is C14H10BrNO2S. The lowest BCUT2D eigenvalue weighted by atomic mass is 10.3. The van der Waals surface area contributed by atoms with Crippen molar-refractivity contribution in [3.8, 4) is 0 Å². The van der Waals surface area contributed by atoms with E-state index in [1.165, 1.54) is 0 Å². The molecule has 1 N–H and O–H groups in total. The monoisotopic (exact) mass is 335 g/mol. The van der Waals surface area contributed by atoms with Crippen LogP contribution in [0.25, 0.3) is 10.9 Å². The van der Waals surface area contributed by atoms with Crippen molar-refractivity contribution in [3.63, 3.8) is 0 Å². The Hall–Kier alpha value is -1.59. The average Bonchev–Trinajstić information content (AvgIpc) is 2.83. The number of benzene rings is 2. The molecule has 96 valence electrons. The summed E-state index contributed by atoms with van der Waals surface area (Å²) in [4.78, 5) is 3.23. The number of hydrogen-bond donors (Lipinski definition) is 1. The van der Waals surface area contributed by atoms with Gasteiger partial charge in [-0.1, -0.05) is 34.1 Å². The molecule has 0 saturated heterocycles. The normalized spacial score (nSPS) is 11.8. The largest absolute Gasteiger partial charge is 0.345 e. The zero-order valence-corrected chi connectivity index (χ0v) is 12.2. The van der Waals surface area contributed by atoms with Crippen LogP contribution in [0, 0.1) is 0 Å². The standard InChI is InChI=1S/C14H10BrNO2S/c15-11-5-7-12(8-6-11)19(17,18)14-9-10-3-1-2-4-13(10)16-14/h1-9,16H. The van der Waals surface area contributed by atoms with Crippen LogP contribution in [0.5, 0.6) is 0 Å². The first kappa shape index (κ1) is 12.4. The topological polar surface area (TPSA) is 49.9 Å². The molecule has 0 atom stereocenters. The quantitative estimate of drug-likeness (QED) is 0.775. The first-order chi connectivity index (χ1) is 9.07. The predicted octanol–water partition coefficient (Wildman–Crippen LogP) is 3.76. The molecule has 0 amide bonds. The van der Waals surface area contributed by atoms with Crippen LogP contribution in [0.3, 0.4) is 0 Å². The van der Waals surface area contributed by atoms with Crippen LogP contribution >= 0.6 is 15.9 Å². The maximum absolute atomic E-state index is 12.5. The van der Waals surface area contributed by atoms with Gasteiger partial charge in [-0.15, -0.1) is 0 Å². The summed E-state index contributed by atoms with van der Waals surface area (Å²) in [5, 5.41) is 1.11. The fourth-order valence-corrected chi connectivity index (χ4v) is 3.47. The Balaban J connectivity index is 2.16. The highest BCUT2D eigenvalue weighted by atomic mass is 79.9. The number of sulfone groups is 1. The predicted molar refractivity (Wildman–Crippen MR) is 77.9 cm³/mol. The van der Waals surface area contributed by atoms with Gasteiger partial charge in [-0.3, -0.25) is 0 Å². The SMILES string of the molecule is O=S(=O)(c1ccc(Br)cc1)c1cc2ccccc2[nH]1. The maximum atomic E-state index is 12.5. The van der Waals surface area contributed by atoms with E-state index in [0.29, 0.717) is 0 Å². The molecule has 0 spiro atoms. The van der Waals surface area contributed by atoms with Crippen molar-refractivity contribution in [2.45, 2.75) is 9.92 Å². The lowest BCUT2D eigenvalue weighted by Gasteiger charge is -2.01. The zero-order chi connectivity index (χ0) is 13.5. The second kappa shape index (κ2) is 4.51. The van der Waals surface area contributed by atoms with Crippen LogP contribution in [0.1, 0.15) is 0 Å².